The van der Waals surface area contributed by atoms with Crippen LogP contribution in [0.5, 0.6) is 5.75 Å². The van der Waals surface area contributed by atoms with E-state index in [0.717, 1.165) is 15.6 Å². The van der Waals surface area contributed by atoms with Crippen molar-refractivity contribution in [3.05, 3.63) is 50.6 Å². The van der Waals surface area contributed by atoms with Gasteiger partial charge in [0.1, 0.15) is 11.9 Å². The average Bonchev–Trinajstić information content (AvgIpc) is 2.90. The molecule has 0 amide bonds. The zero-order chi connectivity index (χ0) is 13.0. The Morgan fingerprint density at radius 3 is 2.89 bits per heavy atom. The van der Waals surface area contributed by atoms with Crippen molar-refractivity contribution in [3.8, 4) is 5.75 Å². The van der Waals surface area contributed by atoms with E-state index in [2.05, 4.69) is 15.9 Å². The van der Waals surface area contributed by atoms with Crippen molar-refractivity contribution in [3.63, 3.8) is 0 Å². The molecule has 0 bridgehead atoms. The second-order valence-electron chi connectivity index (χ2n) is 3.69. The first kappa shape index (κ1) is 13.5. The molecule has 2 aromatic rings. The Labute approximate surface area is 118 Å². The molecule has 0 spiro atoms. The highest BCUT2D eigenvalue weighted by atomic mass is 79.9. The molecular weight excluding hydrogens is 316 g/mol. The highest BCUT2D eigenvalue weighted by Crippen LogP contribution is 2.33. The Bertz CT molecular complexity index is 499. The lowest BCUT2D eigenvalue weighted by Crippen LogP contribution is -2.05. The van der Waals surface area contributed by atoms with Gasteiger partial charge in [-0.1, -0.05) is 15.9 Å². The SMILES string of the molecule is COCOc1ccc(Br)cc1[C@@H](O)c1ccsc1. The van der Waals surface area contributed by atoms with Crippen LogP contribution in [0.3, 0.4) is 0 Å². The molecule has 3 nitrogen and oxygen atoms in total. The lowest BCUT2D eigenvalue weighted by molar-refractivity contribution is 0.0487. The lowest BCUT2D eigenvalue weighted by Gasteiger charge is -2.15. The molecule has 1 N–H and O–H groups in total. The maximum Gasteiger partial charge on any atom is 0.188 e. The number of halogens is 1. The van der Waals surface area contributed by atoms with Gasteiger partial charge in [0.15, 0.2) is 6.79 Å². The van der Waals surface area contributed by atoms with E-state index in [1.807, 2.05) is 35.0 Å². The summed E-state index contributed by atoms with van der Waals surface area (Å²) in [6.07, 6.45) is -0.694. The first-order chi connectivity index (χ1) is 8.72. The van der Waals surface area contributed by atoms with Crippen molar-refractivity contribution < 1.29 is 14.6 Å². The van der Waals surface area contributed by atoms with Crippen molar-refractivity contribution in [1.29, 1.82) is 0 Å². The number of rotatable bonds is 5. The van der Waals surface area contributed by atoms with E-state index in [4.69, 9.17) is 9.47 Å². The van der Waals surface area contributed by atoms with Crippen LogP contribution >= 0.6 is 27.3 Å². The fourth-order valence-corrected chi connectivity index (χ4v) is 2.65. The predicted octanol–water partition coefficient (Wildman–Crippen LogP) is 3.58. The second kappa shape index (κ2) is 6.33. The topological polar surface area (TPSA) is 38.7 Å². The molecule has 0 radical (unpaired) electrons. The van der Waals surface area contributed by atoms with Crippen molar-refractivity contribution in [1.82, 2.24) is 0 Å². The number of aliphatic hydroxyl groups is 1. The Morgan fingerprint density at radius 2 is 2.22 bits per heavy atom. The summed E-state index contributed by atoms with van der Waals surface area (Å²) >= 11 is 4.95. The van der Waals surface area contributed by atoms with Gasteiger partial charge in [-0.05, 0) is 40.6 Å². The molecule has 1 aromatic carbocycles. The van der Waals surface area contributed by atoms with E-state index in [1.54, 1.807) is 18.4 Å². The number of methoxy groups -OCH3 is 1. The van der Waals surface area contributed by atoms with Gasteiger partial charge in [-0.25, -0.2) is 0 Å². The standard InChI is InChI=1S/C13H13BrO3S/c1-16-8-17-12-3-2-10(14)6-11(12)13(15)9-4-5-18-7-9/h2-7,13,15H,8H2,1H3/t13-/m0/s1. The normalized spacial score (nSPS) is 12.4. The van der Waals surface area contributed by atoms with Crippen LogP contribution in [0.4, 0.5) is 0 Å². The third-order valence-electron chi connectivity index (χ3n) is 2.46. The first-order valence-corrected chi connectivity index (χ1v) is 7.07. The minimum atomic E-state index is -0.694. The molecule has 1 aromatic heterocycles. The smallest absolute Gasteiger partial charge is 0.188 e. The van der Waals surface area contributed by atoms with Crippen molar-refractivity contribution >= 4 is 27.3 Å². The molecule has 96 valence electrons. The van der Waals surface area contributed by atoms with Crippen LogP contribution in [-0.4, -0.2) is 19.0 Å². The third kappa shape index (κ3) is 3.11. The predicted molar refractivity (Wildman–Crippen MR) is 75.0 cm³/mol. The number of thiophene rings is 1. The minimum Gasteiger partial charge on any atom is -0.467 e. The Kier molecular flexibility index (Phi) is 4.77. The second-order valence-corrected chi connectivity index (χ2v) is 5.39. The van der Waals surface area contributed by atoms with Crippen LogP contribution in [0.1, 0.15) is 17.2 Å². The fourth-order valence-electron chi connectivity index (χ4n) is 1.60. The minimum absolute atomic E-state index is 0.158. The van der Waals surface area contributed by atoms with Crippen LogP contribution in [0.15, 0.2) is 39.5 Å². The largest absolute Gasteiger partial charge is 0.467 e. The molecule has 0 unspecified atom stereocenters. The number of hydrogen-bond donors (Lipinski definition) is 1. The molecule has 0 aliphatic rings. The van der Waals surface area contributed by atoms with Crippen LogP contribution in [0, 0.1) is 0 Å². The Hall–Kier alpha value is -0.880. The number of ether oxygens (including phenoxy) is 2. The van der Waals surface area contributed by atoms with E-state index >= 15 is 0 Å². The van der Waals surface area contributed by atoms with Gasteiger partial charge in [-0.3, -0.25) is 0 Å². The first-order valence-electron chi connectivity index (χ1n) is 5.33. The van der Waals surface area contributed by atoms with E-state index in [0.29, 0.717) is 5.75 Å². The van der Waals surface area contributed by atoms with E-state index < -0.39 is 6.10 Å². The monoisotopic (exact) mass is 328 g/mol. The van der Waals surface area contributed by atoms with Gasteiger partial charge >= 0.3 is 0 Å². The molecule has 0 saturated heterocycles. The van der Waals surface area contributed by atoms with Crippen LogP contribution < -0.4 is 4.74 Å². The van der Waals surface area contributed by atoms with Gasteiger partial charge in [0.2, 0.25) is 0 Å². The van der Waals surface area contributed by atoms with Gasteiger partial charge in [-0.2, -0.15) is 11.3 Å². The molecular formula is C13H13BrO3S. The summed E-state index contributed by atoms with van der Waals surface area (Å²) < 4.78 is 11.2. The van der Waals surface area contributed by atoms with Gasteiger partial charge < -0.3 is 14.6 Å². The summed E-state index contributed by atoms with van der Waals surface area (Å²) in [5, 5.41) is 14.2. The van der Waals surface area contributed by atoms with E-state index in [1.165, 1.54) is 0 Å². The number of benzene rings is 1. The van der Waals surface area contributed by atoms with Crippen LogP contribution in [-0.2, 0) is 4.74 Å². The molecule has 0 saturated carbocycles. The van der Waals surface area contributed by atoms with Crippen molar-refractivity contribution in [2.24, 2.45) is 0 Å². The zero-order valence-electron chi connectivity index (χ0n) is 9.80. The van der Waals surface area contributed by atoms with Crippen molar-refractivity contribution in [2.45, 2.75) is 6.10 Å². The number of aliphatic hydroxyl groups excluding tert-OH is 1. The van der Waals surface area contributed by atoms with Gasteiger partial charge in [-0.15, -0.1) is 0 Å². The zero-order valence-corrected chi connectivity index (χ0v) is 12.2. The number of hydrogen-bond acceptors (Lipinski definition) is 4. The maximum absolute atomic E-state index is 10.4. The summed E-state index contributed by atoms with van der Waals surface area (Å²) in [6, 6.07) is 7.44. The van der Waals surface area contributed by atoms with E-state index in [9.17, 15) is 5.11 Å². The van der Waals surface area contributed by atoms with Gasteiger partial charge in [0.05, 0.1) is 0 Å². The van der Waals surface area contributed by atoms with Crippen LogP contribution in [0.2, 0.25) is 0 Å². The molecule has 2 rings (SSSR count). The molecule has 5 heteroatoms. The summed E-state index contributed by atoms with van der Waals surface area (Å²) in [4.78, 5) is 0. The summed E-state index contributed by atoms with van der Waals surface area (Å²) in [5.41, 5.74) is 1.58. The fraction of sp³-hybridized carbons (Fsp3) is 0.231. The molecule has 1 heterocycles. The average molecular weight is 329 g/mol. The van der Waals surface area contributed by atoms with E-state index in [-0.39, 0.29) is 6.79 Å². The summed E-state index contributed by atoms with van der Waals surface area (Å²) in [7, 11) is 1.56. The molecule has 0 aliphatic heterocycles. The molecule has 0 fully saturated rings. The Balaban J connectivity index is 2.32. The van der Waals surface area contributed by atoms with Gasteiger partial charge in [0, 0.05) is 17.1 Å². The highest BCUT2D eigenvalue weighted by Gasteiger charge is 2.16. The summed E-state index contributed by atoms with van der Waals surface area (Å²) in [6.45, 7) is 0.158. The third-order valence-corrected chi connectivity index (χ3v) is 3.65. The highest BCUT2D eigenvalue weighted by molar-refractivity contribution is 9.10. The lowest BCUT2D eigenvalue weighted by atomic mass is 10.0. The summed E-state index contributed by atoms with van der Waals surface area (Å²) in [5.74, 6) is 0.624. The molecule has 0 aliphatic carbocycles. The molecule has 18 heavy (non-hydrogen) atoms. The van der Waals surface area contributed by atoms with Crippen LogP contribution in [0.25, 0.3) is 0 Å². The quantitative estimate of drug-likeness (QED) is 0.852. The molecule has 1 atom stereocenters. The maximum atomic E-state index is 10.4. The Morgan fingerprint density at radius 1 is 1.39 bits per heavy atom. The van der Waals surface area contributed by atoms with Gasteiger partial charge in [0.25, 0.3) is 0 Å². The van der Waals surface area contributed by atoms with Crippen molar-refractivity contribution in [2.75, 3.05) is 13.9 Å².